The number of aromatic nitrogens is 1. The maximum atomic E-state index is 12.6. The number of ether oxygens (including phenoxy) is 2. The van der Waals surface area contributed by atoms with E-state index in [4.69, 9.17) is 9.47 Å². The molecule has 0 saturated heterocycles. The van der Waals surface area contributed by atoms with Crippen LogP contribution in [-0.4, -0.2) is 37.1 Å². The first-order valence-electron chi connectivity index (χ1n) is 7.77. The fourth-order valence-electron chi connectivity index (χ4n) is 2.62. The van der Waals surface area contributed by atoms with Gasteiger partial charge < -0.3 is 14.4 Å². The van der Waals surface area contributed by atoms with Crippen molar-refractivity contribution >= 4 is 17.2 Å². The van der Waals surface area contributed by atoms with Gasteiger partial charge in [0.15, 0.2) is 11.5 Å². The van der Waals surface area contributed by atoms with Crippen LogP contribution in [-0.2, 0) is 11.2 Å². The lowest BCUT2D eigenvalue weighted by molar-refractivity contribution is -0.131. The van der Waals surface area contributed by atoms with Crippen molar-refractivity contribution in [2.24, 2.45) is 0 Å². The van der Waals surface area contributed by atoms with Crippen molar-refractivity contribution < 1.29 is 14.3 Å². The molecule has 6 heteroatoms. The molecule has 1 unspecified atom stereocenters. The van der Waals surface area contributed by atoms with E-state index in [-0.39, 0.29) is 11.9 Å². The zero-order valence-corrected chi connectivity index (χ0v) is 15.9. The second-order valence-corrected chi connectivity index (χ2v) is 6.96. The van der Waals surface area contributed by atoms with Crippen LogP contribution >= 0.6 is 11.3 Å². The number of benzene rings is 1. The minimum absolute atomic E-state index is 0.00356. The predicted octanol–water partition coefficient (Wildman–Crippen LogP) is 3.54. The first kappa shape index (κ1) is 18.3. The van der Waals surface area contributed by atoms with E-state index >= 15 is 0 Å². The van der Waals surface area contributed by atoms with Crippen molar-refractivity contribution in [2.75, 3.05) is 21.3 Å². The second-order valence-electron chi connectivity index (χ2n) is 5.73. The molecule has 1 aromatic carbocycles. The quantitative estimate of drug-likeness (QED) is 0.801. The van der Waals surface area contributed by atoms with Gasteiger partial charge in [-0.25, -0.2) is 4.98 Å². The fourth-order valence-corrected chi connectivity index (χ4v) is 3.64. The maximum Gasteiger partial charge on any atom is 0.227 e. The van der Waals surface area contributed by atoms with Gasteiger partial charge in [-0.15, -0.1) is 11.3 Å². The highest BCUT2D eigenvalue weighted by molar-refractivity contribution is 7.11. The summed E-state index contributed by atoms with van der Waals surface area (Å²) in [5.74, 6) is 1.35. The summed E-state index contributed by atoms with van der Waals surface area (Å²) in [6.45, 7) is 6.01. The zero-order chi connectivity index (χ0) is 17.9. The Hall–Kier alpha value is -2.08. The third kappa shape index (κ3) is 3.87. The van der Waals surface area contributed by atoms with Gasteiger partial charge >= 0.3 is 0 Å². The molecule has 0 saturated carbocycles. The molecule has 0 N–H and O–H groups in total. The van der Waals surface area contributed by atoms with Gasteiger partial charge in [-0.2, -0.15) is 0 Å². The SMILES string of the molecule is COc1ccc(CC(=O)N(C)C(C)c2sc(C)nc2C)cc1OC. The molecule has 1 aromatic heterocycles. The van der Waals surface area contributed by atoms with Crippen molar-refractivity contribution in [3.8, 4) is 11.5 Å². The smallest absolute Gasteiger partial charge is 0.227 e. The van der Waals surface area contributed by atoms with Crippen LogP contribution in [0.1, 0.15) is 34.1 Å². The number of methoxy groups -OCH3 is 2. The molecule has 0 spiro atoms. The molecular weight excluding hydrogens is 324 g/mol. The fraction of sp³-hybridized carbons (Fsp3) is 0.444. The van der Waals surface area contributed by atoms with Crippen LogP contribution in [0.25, 0.3) is 0 Å². The molecule has 2 aromatic rings. The molecule has 0 fully saturated rings. The topological polar surface area (TPSA) is 51.7 Å². The summed E-state index contributed by atoms with van der Waals surface area (Å²) in [5.41, 5.74) is 1.89. The standard InChI is InChI=1S/C18H24N2O3S/c1-11-18(24-13(3)19-11)12(2)20(4)17(21)10-14-7-8-15(22-5)16(9-14)23-6/h7-9,12H,10H2,1-6H3. The van der Waals surface area contributed by atoms with E-state index in [1.54, 1.807) is 30.5 Å². The number of hydrogen-bond donors (Lipinski definition) is 0. The van der Waals surface area contributed by atoms with Crippen LogP contribution < -0.4 is 9.47 Å². The average Bonchev–Trinajstić information content (AvgIpc) is 2.91. The molecule has 0 aliphatic rings. The molecule has 0 aliphatic carbocycles. The van der Waals surface area contributed by atoms with Crippen LogP contribution in [0.2, 0.25) is 0 Å². The Labute approximate surface area is 147 Å². The van der Waals surface area contributed by atoms with E-state index in [0.29, 0.717) is 17.9 Å². The van der Waals surface area contributed by atoms with E-state index < -0.39 is 0 Å². The van der Waals surface area contributed by atoms with Crippen LogP contribution in [0, 0.1) is 13.8 Å². The number of rotatable bonds is 6. The van der Waals surface area contributed by atoms with Crippen molar-refractivity contribution in [2.45, 2.75) is 33.2 Å². The Morgan fingerprint density at radius 1 is 1.25 bits per heavy atom. The van der Waals surface area contributed by atoms with Gasteiger partial charge in [-0.1, -0.05) is 6.07 Å². The summed E-state index contributed by atoms with van der Waals surface area (Å²) in [7, 11) is 5.02. The summed E-state index contributed by atoms with van der Waals surface area (Å²) < 4.78 is 10.5. The van der Waals surface area contributed by atoms with Crippen LogP contribution in [0.15, 0.2) is 18.2 Å². The highest BCUT2D eigenvalue weighted by Crippen LogP contribution is 2.30. The van der Waals surface area contributed by atoms with Crippen molar-refractivity contribution in [1.82, 2.24) is 9.88 Å². The van der Waals surface area contributed by atoms with Crippen LogP contribution in [0.4, 0.5) is 0 Å². The highest BCUT2D eigenvalue weighted by Gasteiger charge is 2.22. The van der Waals surface area contributed by atoms with E-state index in [1.165, 1.54) is 0 Å². The predicted molar refractivity (Wildman–Crippen MR) is 96.0 cm³/mol. The summed E-state index contributed by atoms with van der Waals surface area (Å²) in [5, 5.41) is 1.02. The number of nitrogens with zero attached hydrogens (tertiary/aromatic N) is 2. The Morgan fingerprint density at radius 3 is 2.46 bits per heavy atom. The lowest BCUT2D eigenvalue weighted by atomic mass is 10.1. The molecule has 0 radical (unpaired) electrons. The largest absolute Gasteiger partial charge is 0.493 e. The van der Waals surface area contributed by atoms with Gasteiger partial charge in [0.2, 0.25) is 5.91 Å². The number of amides is 1. The van der Waals surface area contributed by atoms with Crippen molar-refractivity contribution in [1.29, 1.82) is 0 Å². The molecule has 2 rings (SSSR count). The van der Waals surface area contributed by atoms with E-state index in [0.717, 1.165) is 21.1 Å². The summed E-state index contributed by atoms with van der Waals surface area (Å²) in [6, 6.07) is 5.56. The lowest BCUT2D eigenvalue weighted by Crippen LogP contribution is -2.30. The number of likely N-dealkylation sites (N-methyl/N-ethyl adjacent to an activating group) is 1. The van der Waals surface area contributed by atoms with Gasteiger partial charge in [-0.3, -0.25) is 4.79 Å². The molecule has 0 aliphatic heterocycles. The Morgan fingerprint density at radius 2 is 1.92 bits per heavy atom. The number of hydrogen-bond acceptors (Lipinski definition) is 5. The number of carbonyl (C=O) groups excluding carboxylic acids is 1. The lowest BCUT2D eigenvalue weighted by Gasteiger charge is -2.24. The summed E-state index contributed by atoms with van der Waals surface area (Å²) in [4.78, 5) is 20.0. The molecule has 1 heterocycles. The number of carbonyl (C=O) groups is 1. The Bertz CT molecular complexity index is 727. The van der Waals surface area contributed by atoms with Gasteiger partial charge in [0.25, 0.3) is 0 Å². The molecule has 5 nitrogen and oxygen atoms in total. The summed E-state index contributed by atoms with van der Waals surface area (Å²) >= 11 is 1.64. The Balaban J connectivity index is 2.12. The third-order valence-electron chi connectivity index (χ3n) is 4.10. The van der Waals surface area contributed by atoms with Gasteiger partial charge in [0, 0.05) is 11.9 Å². The van der Waals surface area contributed by atoms with Crippen molar-refractivity contribution in [3.63, 3.8) is 0 Å². The molecule has 1 amide bonds. The monoisotopic (exact) mass is 348 g/mol. The zero-order valence-electron chi connectivity index (χ0n) is 15.0. The molecule has 0 bridgehead atoms. The molecule has 24 heavy (non-hydrogen) atoms. The molecule has 1 atom stereocenters. The van der Waals surface area contributed by atoms with Gasteiger partial charge in [-0.05, 0) is 38.5 Å². The number of aryl methyl sites for hydroxylation is 2. The minimum atomic E-state index is 0.00356. The average molecular weight is 348 g/mol. The first-order chi connectivity index (χ1) is 11.4. The third-order valence-corrected chi connectivity index (χ3v) is 5.34. The number of thiazole rings is 1. The highest BCUT2D eigenvalue weighted by atomic mass is 32.1. The Kier molecular flexibility index (Phi) is 5.83. The van der Waals surface area contributed by atoms with E-state index in [1.807, 2.05) is 46.0 Å². The summed E-state index contributed by atoms with van der Waals surface area (Å²) in [6.07, 6.45) is 0.317. The second kappa shape index (κ2) is 7.66. The van der Waals surface area contributed by atoms with E-state index in [2.05, 4.69) is 4.98 Å². The van der Waals surface area contributed by atoms with Crippen molar-refractivity contribution in [3.05, 3.63) is 39.3 Å². The first-order valence-corrected chi connectivity index (χ1v) is 8.59. The van der Waals surface area contributed by atoms with Gasteiger partial charge in [0.05, 0.1) is 37.4 Å². The van der Waals surface area contributed by atoms with E-state index in [9.17, 15) is 4.79 Å². The normalized spacial score (nSPS) is 11.9. The van der Waals surface area contributed by atoms with Crippen LogP contribution in [0.3, 0.4) is 0 Å². The maximum absolute atomic E-state index is 12.6. The molecular formula is C18H24N2O3S. The van der Waals surface area contributed by atoms with Crippen LogP contribution in [0.5, 0.6) is 11.5 Å². The molecule has 130 valence electrons. The minimum Gasteiger partial charge on any atom is -0.493 e. The van der Waals surface area contributed by atoms with Gasteiger partial charge in [0.1, 0.15) is 0 Å².